The van der Waals surface area contributed by atoms with Crippen molar-refractivity contribution in [3.63, 3.8) is 0 Å². The third kappa shape index (κ3) is 1.00. The largest absolute Gasteiger partial charge is 0.344 e. The number of carbonyl (C=O) groups excluding carboxylic acids is 1. The highest BCUT2D eigenvalue weighted by Crippen LogP contribution is 2.65. The lowest BCUT2D eigenvalue weighted by molar-refractivity contribution is -0.127. The molecule has 2 saturated carbocycles. The van der Waals surface area contributed by atoms with Gasteiger partial charge < -0.3 is 6.15 Å². The first-order chi connectivity index (χ1) is 5.41. The molecule has 0 amide bonds. The van der Waals surface area contributed by atoms with E-state index in [-0.39, 0.29) is 21.8 Å². The number of halogens is 1. The van der Waals surface area contributed by atoms with E-state index in [2.05, 4.69) is 36.7 Å². The Kier molecular flexibility index (Phi) is 2.41. The molecule has 2 aliphatic carbocycles. The van der Waals surface area contributed by atoms with Crippen molar-refractivity contribution in [2.75, 3.05) is 0 Å². The van der Waals surface area contributed by atoms with Gasteiger partial charge in [-0.05, 0) is 24.2 Å². The van der Waals surface area contributed by atoms with Crippen molar-refractivity contribution in [1.82, 2.24) is 6.15 Å². The van der Waals surface area contributed by atoms with E-state index in [0.29, 0.717) is 11.7 Å². The summed E-state index contributed by atoms with van der Waals surface area (Å²) in [7, 11) is 0. The van der Waals surface area contributed by atoms with Crippen molar-refractivity contribution < 1.29 is 4.79 Å². The van der Waals surface area contributed by atoms with Crippen LogP contribution in [-0.2, 0) is 4.79 Å². The maximum atomic E-state index is 11.9. The van der Waals surface area contributed by atoms with E-state index in [4.69, 9.17) is 0 Å². The molecule has 3 unspecified atom stereocenters. The summed E-state index contributed by atoms with van der Waals surface area (Å²) in [4.78, 5) is 12.0. The molecule has 0 heterocycles. The Bertz CT molecular complexity index is 251. The molecule has 2 bridgehead atoms. The first kappa shape index (κ1) is 11.2. The monoisotopic (exact) mass is 247 g/mol. The van der Waals surface area contributed by atoms with Gasteiger partial charge in [0.25, 0.3) is 0 Å². The molecule has 13 heavy (non-hydrogen) atoms. The van der Waals surface area contributed by atoms with Crippen molar-refractivity contribution in [2.45, 2.75) is 38.4 Å². The van der Waals surface area contributed by atoms with Crippen LogP contribution in [0, 0.1) is 16.7 Å². The fourth-order valence-electron chi connectivity index (χ4n) is 2.98. The van der Waals surface area contributed by atoms with Crippen molar-refractivity contribution >= 4 is 21.7 Å². The summed E-state index contributed by atoms with van der Waals surface area (Å²) in [5, 5.41) is 0. The zero-order valence-electron chi connectivity index (χ0n) is 8.56. The second kappa shape index (κ2) is 2.80. The first-order valence-electron chi connectivity index (χ1n) is 4.59. The van der Waals surface area contributed by atoms with Gasteiger partial charge in [0.15, 0.2) is 5.78 Å². The van der Waals surface area contributed by atoms with Crippen LogP contribution < -0.4 is 6.15 Å². The third-order valence-electron chi connectivity index (χ3n) is 4.45. The first-order valence-corrected chi connectivity index (χ1v) is 5.51. The molecule has 3 N–H and O–H groups in total. The smallest absolute Gasteiger partial charge is 0.153 e. The number of hydrogen-bond acceptors (Lipinski definition) is 2. The van der Waals surface area contributed by atoms with Crippen LogP contribution in [0.2, 0.25) is 0 Å². The number of Topliss-reactive ketones (excluding diaryl/α,β-unsaturated/α-hetero) is 1. The Morgan fingerprint density at radius 2 is 1.92 bits per heavy atom. The minimum atomic E-state index is -0.0498. The number of hydrogen-bond donors (Lipinski definition) is 1. The van der Waals surface area contributed by atoms with Crippen LogP contribution in [0.15, 0.2) is 0 Å². The zero-order chi connectivity index (χ0) is 9.15. The van der Waals surface area contributed by atoms with Gasteiger partial charge in [0.1, 0.15) is 0 Å². The van der Waals surface area contributed by atoms with Crippen molar-refractivity contribution in [3.05, 3.63) is 0 Å². The standard InChI is InChI=1S/C10H15BrO.H3N/c1-9(2)6-4-5-10(9,3)8(12)7(6)11;/h6-7H,4-5H2,1-3H3;1H3. The summed E-state index contributed by atoms with van der Waals surface area (Å²) in [6.45, 7) is 6.62. The van der Waals surface area contributed by atoms with E-state index in [0.717, 1.165) is 6.42 Å². The molecule has 0 radical (unpaired) electrons. The van der Waals surface area contributed by atoms with E-state index in [1.807, 2.05) is 0 Å². The van der Waals surface area contributed by atoms with Gasteiger partial charge in [0.05, 0.1) is 4.83 Å². The zero-order valence-corrected chi connectivity index (χ0v) is 10.1. The Morgan fingerprint density at radius 3 is 2.15 bits per heavy atom. The van der Waals surface area contributed by atoms with E-state index in [1.165, 1.54) is 6.42 Å². The maximum Gasteiger partial charge on any atom is 0.153 e. The molecule has 2 fully saturated rings. The Morgan fingerprint density at radius 1 is 1.38 bits per heavy atom. The molecular weight excluding hydrogens is 230 g/mol. The van der Waals surface area contributed by atoms with Gasteiger partial charge in [0.2, 0.25) is 0 Å². The molecule has 3 atom stereocenters. The summed E-state index contributed by atoms with van der Waals surface area (Å²) in [6.07, 6.45) is 2.30. The second-order valence-electron chi connectivity index (χ2n) is 4.96. The maximum absolute atomic E-state index is 11.9. The molecule has 2 rings (SSSR count). The van der Waals surface area contributed by atoms with Gasteiger partial charge in [-0.25, -0.2) is 0 Å². The van der Waals surface area contributed by atoms with Crippen molar-refractivity contribution in [3.8, 4) is 0 Å². The van der Waals surface area contributed by atoms with Crippen LogP contribution in [0.1, 0.15) is 33.6 Å². The van der Waals surface area contributed by atoms with Crippen LogP contribution in [0.4, 0.5) is 0 Å². The molecule has 2 nitrogen and oxygen atoms in total. The Balaban J connectivity index is 0.000000845. The molecular formula is C10H18BrNO. The fourth-order valence-corrected chi connectivity index (χ4v) is 4.41. The summed E-state index contributed by atoms with van der Waals surface area (Å²) in [6, 6.07) is 0. The number of carbonyl (C=O) groups is 1. The highest BCUT2D eigenvalue weighted by Gasteiger charge is 2.65. The third-order valence-corrected chi connectivity index (χ3v) is 5.51. The molecule has 0 spiro atoms. The minimum absolute atomic E-state index is 0. The predicted octanol–water partition coefficient (Wildman–Crippen LogP) is 2.94. The number of alkyl halides is 1. The lowest BCUT2D eigenvalue weighted by Crippen LogP contribution is -2.33. The molecule has 0 saturated heterocycles. The van der Waals surface area contributed by atoms with E-state index >= 15 is 0 Å². The van der Waals surface area contributed by atoms with Crippen LogP contribution in [0.3, 0.4) is 0 Å². The summed E-state index contributed by atoms with van der Waals surface area (Å²) in [5.74, 6) is 0.999. The molecule has 2 aliphatic rings. The van der Waals surface area contributed by atoms with E-state index in [1.54, 1.807) is 0 Å². The molecule has 0 aromatic rings. The number of fused-ring (bicyclic) bond motifs is 2. The highest BCUT2D eigenvalue weighted by molar-refractivity contribution is 9.10. The molecule has 76 valence electrons. The van der Waals surface area contributed by atoms with Gasteiger partial charge in [0, 0.05) is 5.41 Å². The van der Waals surface area contributed by atoms with Gasteiger partial charge in [-0.15, -0.1) is 0 Å². The molecule has 0 aromatic carbocycles. The fraction of sp³-hybridized carbons (Fsp3) is 0.900. The van der Waals surface area contributed by atoms with E-state index in [9.17, 15) is 4.79 Å². The predicted molar refractivity (Wildman–Crippen MR) is 57.4 cm³/mol. The SMILES string of the molecule is CC12CCC(C(Br)C1=O)C2(C)C.N. The van der Waals surface area contributed by atoms with Crippen LogP contribution in [-0.4, -0.2) is 10.6 Å². The Hall–Kier alpha value is 0.110. The lowest BCUT2D eigenvalue weighted by atomic mass is 9.70. The highest BCUT2D eigenvalue weighted by atomic mass is 79.9. The average molecular weight is 248 g/mol. The Labute approximate surface area is 88.2 Å². The number of ketones is 1. The minimum Gasteiger partial charge on any atom is -0.344 e. The topological polar surface area (TPSA) is 52.1 Å². The molecule has 3 heteroatoms. The average Bonchev–Trinajstić information content (AvgIpc) is 2.26. The summed E-state index contributed by atoms with van der Waals surface area (Å²) < 4.78 is 0. The normalized spacial score (nSPS) is 46.3. The van der Waals surface area contributed by atoms with Crippen LogP contribution >= 0.6 is 15.9 Å². The van der Waals surface area contributed by atoms with Crippen molar-refractivity contribution in [1.29, 1.82) is 0 Å². The van der Waals surface area contributed by atoms with Gasteiger partial charge >= 0.3 is 0 Å². The van der Waals surface area contributed by atoms with Crippen LogP contribution in [0.5, 0.6) is 0 Å². The van der Waals surface area contributed by atoms with Crippen LogP contribution in [0.25, 0.3) is 0 Å². The molecule has 0 aliphatic heterocycles. The van der Waals surface area contributed by atoms with E-state index < -0.39 is 0 Å². The van der Waals surface area contributed by atoms with Gasteiger partial charge in [-0.1, -0.05) is 36.7 Å². The quantitative estimate of drug-likeness (QED) is 0.670. The summed E-state index contributed by atoms with van der Waals surface area (Å²) >= 11 is 3.52. The van der Waals surface area contributed by atoms with Gasteiger partial charge in [-0.2, -0.15) is 0 Å². The molecule has 0 aromatic heterocycles. The summed E-state index contributed by atoms with van der Waals surface area (Å²) in [5.41, 5.74) is 0.157. The van der Waals surface area contributed by atoms with Gasteiger partial charge in [-0.3, -0.25) is 4.79 Å². The second-order valence-corrected chi connectivity index (χ2v) is 5.95. The van der Waals surface area contributed by atoms with Crippen molar-refractivity contribution in [2.24, 2.45) is 16.7 Å². The lowest BCUT2D eigenvalue weighted by Gasteiger charge is -2.32. The number of rotatable bonds is 0.